The van der Waals surface area contributed by atoms with Crippen molar-refractivity contribution >= 4 is 66.5 Å². The van der Waals surface area contributed by atoms with Gasteiger partial charge in [-0.15, -0.1) is 0 Å². The van der Waals surface area contributed by atoms with Crippen molar-refractivity contribution in [3.05, 3.63) is 224 Å². The summed E-state index contributed by atoms with van der Waals surface area (Å²) >= 11 is 0. The van der Waals surface area contributed by atoms with Crippen LogP contribution in [0.3, 0.4) is 0 Å². The molecule has 0 aliphatic rings. The van der Waals surface area contributed by atoms with E-state index in [9.17, 15) is 4.57 Å². The van der Waals surface area contributed by atoms with Crippen molar-refractivity contribution in [2.75, 3.05) is 0 Å². The highest BCUT2D eigenvalue weighted by molar-refractivity contribution is 7.85. The number of para-hydroxylation sites is 3. The van der Waals surface area contributed by atoms with Gasteiger partial charge in [-0.25, -0.2) is 4.98 Å². The Labute approximate surface area is 342 Å². The van der Waals surface area contributed by atoms with E-state index < -0.39 is 7.14 Å². The van der Waals surface area contributed by atoms with Crippen LogP contribution in [0, 0.1) is 0 Å². The van der Waals surface area contributed by atoms with Gasteiger partial charge < -0.3 is 9.13 Å². The van der Waals surface area contributed by atoms with E-state index >= 15 is 0 Å². The average Bonchev–Trinajstić information content (AvgIpc) is 3.64. The number of aromatic nitrogens is 2. The first-order valence-electron chi connectivity index (χ1n) is 20.0. The van der Waals surface area contributed by atoms with Gasteiger partial charge in [-0.1, -0.05) is 194 Å². The average molecular weight is 773 g/mol. The molecule has 3 nitrogen and oxygen atoms in total. The first kappa shape index (κ1) is 34.9. The maximum absolute atomic E-state index is 14.9. The molecule has 0 amide bonds. The molecule has 9 aromatic carbocycles. The van der Waals surface area contributed by atoms with Gasteiger partial charge in [-0.3, -0.25) is 0 Å². The van der Waals surface area contributed by atoms with Crippen LogP contribution in [-0.2, 0) is 4.57 Å². The molecule has 0 aliphatic heterocycles. The van der Waals surface area contributed by atoms with Crippen LogP contribution in [0.4, 0.5) is 0 Å². The van der Waals surface area contributed by atoms with Crippen LogP contribution in [0.5, 0.6) is 0 Å². The molecule has 4 heteroatoms. The van der Waals surface area contributed by atoms with Crippen molar-refractivity contribution in [3.63, 3.8) is 0 Å². The van der Waals surface area contributed by atoms with Crippen LogP contribution in [0.15, 0.2) is 224 Å². The van der Waals surface area contributed by atoms with Crippen molar-refractivity contribution in [2.45, 2.75) is 0 Å². The lowest BCUT2D eigenvalue weighted by molar-refractivity contribution is 0.592. The number of pyridine rings is 1. The molecule has 11 aromatic rings. The number of benzene rings is 9. The van der Waals surface area contributed by atoms with Crippen LogP contribution in [0.1, 0.15) is 0 Å². The number of nitrogens with zero attached hydrogens (tertiary/aromatic N) is 2. The van der Waals surface area contributed by atoms with Crippen LogP contribution in [0.2, 0.25) is 0 Å². The maximum atomic E-state index is 14.9. The van der Waals surface area contributed by atoms with E-state index in [1.807, 2.05) is 72.8 Å². The molecule has 0 aliphatic carbocycles. The SMILES string of the molecule is O=P(c1ccccc1)(c1ccccc1)c1ccc(-c2ccc(-c3cccc4c3nc(-c3ccccc3)c3cc5c(cc34)c3ccccc3n5-c3ccccc3)cc2)cc1. The van der Waals surface area contributed by atoms with Gasteiger partial charge in [-0.2, -0.15) is 0 Å². The van der Waals surface area contributed by atoms with Gasteiger partial charge in [0.05, 0.1) is 22.2 Å². The highest BCUT2D eigenvalue weighted by Gasteiger charge is 2.29. The van der Waals surface area contributed by atoms with Gasteiger partial charge >= 0.3 is 0 Å². The first-order valence-corrected chi connectivity index (χ1v) is 21.7. The predicted molar refractivity (Wildman–Crippen MR) is 249 cm³/mol. The molecule has 0 spiro atoms. The Morgan fingerprint density at radius 2 is 0.881 bits per heavy atom. The summed E-state index contributed by atoms with van der Waals surface area (Å²) in [5, 5.41) is 8.35. The van der Waals surface area contributed by atoms with Crippen LogP contribution in [0.25, 0.3) is 82.7 Å². The van der Waals surface area contributed by atoms with Crippen molar-refractivity contribution in [3.8, 4) is 39.2 Å². The van der Waals surface area contributed by atoms with Gasteiger partial charge in [0.2, 0.25) is 0 Å². The Balaban J connectivity index is 1.04. The summed E-state index contributed by atoms with van der Waals surface area (Å²) in [5.41, 5.74) is 10.8. The number of hydrogen-bond donors (Lipinski definition) is 0. The van der Waals surface area contributed by atoms with E-state index in [2.05, 4.69) is 156 Å². The molecule has 59 heavy (non-hydrogen) atoms. The highest BCUT2D eigenvalue weighted by atomic mass is 31.2. The van der Waals surface area contributed by atoms with Crippen LogP contribution in [-0.4, -0.2) is 9.55 Å². The van der Waals surface area contributed by atoms with Gasteiger partial charge in [0.1, 0.15) is 0 Å². The molecule has 0 saturated heterocycles. The Kier molecular flexibility index (Phi) is 8.43. The van der Waals surface area contributed by atoms with E-state index in [-0.39, 0.29) is 0 Å². The zero-order valence-corrected chi connectivity index (χ0v) is 33.0. The molecule has 278 valence electrons. The van der Waals surface area contributed by atoms with E-state index in [4.69, 9.17) is 4.98 Å². The lowest BCUT2D eigenvalue weighted by atomic mass is 9.94. The first-order chi connectivity index (χ1) is 29.1. The minimum atomic E-state index is -3.05. The Hall–Kier alpha value is -7.32. The Bertz CT molecular complexity index is 3320. The Morgan fingerprint density at radius 1 is 0.356 bits per heavy atom. The standard InChI is InChI=1S/C55H37N2OP/c58-59(43-20-9-3-10-21-43,44-22-11-4-12-23-44)45-34-32-39(33-35-45)38-28-30-40(31-29-38)46-25-15-26-48-49-36-50-47-24-13-14-27-52(47)57(42-18-7-2-8-19-42)53(50)37-51(49)54(56-55(46)48)41-16-5-1-6-17-41/h1-37H. The summed E-state index contributed by atoms with van der Waals surface area (Å²) in [7, 11) is -3.05. The van der Waals surface area contributed by atoms with Crippen molar-refractivity contribution in [1.82, 2.24) is 9.55 Å². The molecule has 0 bridgehead atoms. The monoisotopic (exact) mass is 772 g/mol. The molecule has 0 saturated carbocycles. The fourth-order valence-corrected chi connectivity index (χ4v) is 11.5. The van der Waals surface area contributed by atoms with Gasteiger partial charge in [0.25, 0.3) is 0 Å². The zero-order chi connectivity index (χ0) is 39.3. The number of rotatable bonds is 7. The third-order valence-corrected chi connectivity index (χ3v) is 14.8. The van der Waals surface area contributed by atoms with E-state index in [0.29, 0.717) is 0 Å². The van der Waals surface area contributed by atoms with Crippen molar-refractivity contribution in [1.29, 1.82) is 0 Å². The topological polar surface area (TPSA) is 34.9 Å². The van der Waals surface area contributed by atoms with Gasteiger partial charge in [0, 0.05) is 54.3 Å². The molecule has 0 radical (unpaired) electrons. The fourth-order valence-electron chi connectivity index (χ4n) is 8.82. The molecule has 0 unspecified atom stereocenters. The molecule has 2 aromatic heterocycles. The van der Waals surface area contributed by atoms with Gasteiger partial charge in [0.15, 0.2) is 7.14 Å². The number of hydrogen-bond acceptors (Lipinski definition) is 2. The van der Waals surface area contributed by atoms with Gasteiger partial charge in [-0.05, 0) is 52.4 Å². The molecule has 0 N–H and O–H groups in total. The summed E-state index contributed by atoms with van der Waals surface area (Å²) in [6, 6.07) is 77.8. The van der Waals surface area contributed by atoms with E-state index in [1.54, 1.807) is 0 Å². The molecule has 2 heterocycles. The molecular weight excluding hydrogens is 736 g/mol. The summed E-state index contributed by atoms with van der Waals surface area (Å²) < 4.78 is 17.3. The second kappa shape index (κ2) is 14.3. The van der Waals surface area contributed by atoms with E-state index in [0.717, 1.165) is 76.9 Å². The molecule has 0 fully saturated rings. The van der Waals surface area contributed by atoms with Crippen LogP contribution < -0.4 is 15.9 Å². The summed E-state index contributed by atoms with van der Waals surface area (Å²) in [5.74, 6) is 0. The third kappa shape index (κ3) is 5.82. The molecule has 11 rings (SSSR count). The maximum Gasteiger partial charge on any atom is 0.171 e. The van der Waals surface area contributed by atoms with E-state index in [1.165, 1.54) is 21.7 Å². The smallest absolute Gasteiger partial charge is 0.171 e. The third-order valence-electron chi connectivity index (χ3n) is 11.7. The summed E-state index contributed by atoms with van der Waals surface area (Å²) in [4.78, 5) is 5.54. The van der Waals surface area contributed by atoms with Crippen molar-refractivity contribution < 1.29 is 4.57 Å². The normalized spacial score (nSPS) is 11.8. The molecular formula is C55H37N2OP. The molecule has 0 atom stereocenters. The summed E-state index contributed by atoms with van der Waals surface area (Å²) in [6.45, 7) is 0. The fraction of sp³-hybridized carbons (Fsp3) is 0. The predicted octanol–water partition coefficient (Wildman–Crippen LogP) is 13.1. The zero-order valence-electron chi connectivity index (χ0n) is 32.1. The second-order valence-electron chi connectivity index (χ2n) is 15.0. The minimum absolute atomic E-state index is 0.820. The van der Waals surface area contributed by atoms with Crippen molar-refractivity contribution in [2.24, 2.45) is 0 Å². The largest absolute Gasteiger partial charge is 0.309 e. The number of fused-ring (bicyclic) bond motifs is 6. The lowest BCUT2D eigenvalue weighted by Gasteiger charge is -2.20. The lowest BCUT2D eigenvalue weighted by Crippen LogP contribution is -2.24. The summed E-state index contributed by atoms with van der Waals surface area (Å²) in [6.07, 6.45) is 0. The quantitative estimate of drug-likeness (QED) is 0.119. The second-order valence-corrected chi connectivity index (χ2v) is 17.8. The Morgan fingerprint density at radius 3 is 1.54 bits per heavy atom. The minimum Gasteiger partial charge on any atom is -0.309 e. The highest BCUT2D eigenvalue weighted by Crippen LogP contribution is 2.44. The van der Waals surface area contributed by atoms with Crippen LogP contribution >= 0.6 is 7.14 Å².